The summed E-state index contributed by atoms with van der Waals surface area (Å²) in [7, 11) is 3.51. The first kappa shape index (κ1) is 19.3. The minimum absolute atomic E-state index is 0.178. The first-order valence-corrected chi connectivity index (χ1v) is 9.27. The summed E-state index contributed by atoms with van der Waals surface area (Å²) in [6, 6.07) is 19.4. The quantitative estimate of drug-likeness (QED) is 0.483. The Morgan fingerprint density at radius 1 is 0.967 bits per heavy atom. The molecule has 1 heterocycles. The van der Waals surface area contributed by atoms with Gasteiger partial charge in [-0.2, -0.15) is 0 Å². The van der Waals surface area contributed by atoms with Crippen molar-refractivity contribution in [2.75, 3.05) is 7.11 Å². The average molecular weight is 404 g/mol. The summed E-state index contributed by atoms with van der Waals surface area (Å²) in [5.41, 5.74) is 1.89. The number of benzene rings is 3. The Morgan fingerprint density at radius 2 is 1.70 bits per heavy atom. The number of hydrogen-bond acceptors (Lipinski definition) is 5. The van der Waals surface area contributed by atoms with Crippen LogP contribution in [0.25, 0.3) is 11.0 Å². The molecule has 0 radical (unpaired) electrons. The molecule has 0 spiro atoms. The van der Waals surface area contributed by atoms with Crippen molar-refractivity contribution in [3.8, 4) is 23.0 Å². The van der Waals surface area contributed by atoms with Crippen molar-refractivity contribution in [2.24, 2.45) is 7.05 Å². The first-order chi connectivity index (χ1) is 14.5. The predicted molar refractivity (Wildman–Crippen MR) is 112 cm³/mol. The number of hydrogen-bond donors (Lipinski definition) is 1. The third kappa shape index (κ3) is 4.05. The molecule has 0 aliphatic heterocycles. The minimum Gasteiger partial charge on any atom is -0.497 e. The van der Waals surface area contributed by atoms with Gasteiger partial charge >= 0.3 is 5.97 Å². The van der Waals surface area contributed by atoms with Crippen LogP contribution in [0.5, 0.6) is 23.0 Å². The van der Waals surface area contributed by atoms with Crippen LogP contribution in [-0.2, 0) is 13.7 Å². The van der Waals surface area contributed by atoms with Crippen LogP contribution in [-0.4, -0.2) is 27.7 Å². The van der Waals surface area contributed by atoms with Crippen molar-refractivity contribution in [2.45, 2.75) is 6.61 Å². The van der Waals surface area contributed by atoms with Crippen LogP contribution in [0.3, 0.4) is 0 Å². The fourth-order valence-electron chi connectivity index (χ4n) is 3.08. The molecule has 0 aliphatic rings. The fraction of sp³-hybridized carbons (Fsp3) is 0.130. The molecule has 7 nitrogen and oxygen atoms in total. The number of nitrogens with zero attached hydrogens (tertiary/aromatic N) is 2. The normalized spacial score (nSPS) is 10.7. The molecular weight excluding hydrogens is 384 g/mol. The Bertz CT molecular complexity index is 1220. The van der Waals surface area contributed by atoms with Crippen molar-refractivity contribution < 1.29 is 24.1 Å². The summed E-state index contributed by atoms with van der Waals surface area (Å²) in [6.45, 7) is 0.209. The Kier molecular flexibility index (Phi) is 5.26. The second-order valence-electron chi connectivity index (χ2n) is 6.64. The van der Waals surface area contributed by atoms with Gasteiger partial charge < -0.3 is 23.9 Å². The second kappa shape index (κ2) is 8.16. The number of rotatable bonds is 7. The van der Waals surface area contributed by atoms with E-state index in [-0.39, 0.29) is 12.2 Å². The molecule has 0 saturated carbocycles. The maximum Gasteiger partial charge on any atom is 0.335 e. The maximum atomic E-state index is 11.1. The number of aromatic carboxylic acids is 1. The monoisotopic (exact) mass is 404 g/mol. The molecule has 0 fully saturated rings. The molecular formula is C23H20N2O5. The summed E-state index contributed by atoms with van der Waals surface area (Å²) >= 11 is 0. The zero-order valence-electron chi connectivity index (χ0n) is 16.5. The summed E-state index contributed by atoms with van der Waals surface area (Å²) in [5.74, 6) is 2.28. The van der Waals surface area contributed by atoms with Crippen LogP contribution in [0.4, 0.5) is 0 Å². The highest BCUT2D eigenvalue weighted by Gasteiger charge is 2.11. The van der Waals surface area contributed by atoms with E-state index in [1.165, 1.54) is 12.1 Å². The first-order valence-electron chi connectivity index (χ1n) is 9.27. The Labute approximate surface area is 173 Å². The lowest BCUT2D eigenvalue weighted by Gasteiger charge is -2.08. The van der Waals surface area contributed by atoms with Gasteiger partial charge in [-0.1, -0.05) is 12.1 Å². The van der Waals surface area contributed by atoms with Gasteiger partial charge in [-0.15, -0.1) is 0 Å². The number of aromatic nitrogens is 2. The van der Waals surface area contributed by atoms with Crippen LogP contribution in [0.15, 0.2) is 66.7 Å². The van der Waals surface area contributed by atoms with E-state index in [0.717, 1.165) is 16.8 Å². The summed E-state index contributed by atoms with van der Waals surface area (Å²) < 4.78 is 18.9. The smallest absolute Gasteiger partial charge is 0.335 e. The lowest BCUT2D eigenvalue weighted by atomic mass is 10.2. The standard InChI is InChI=1S/C23H20N2O5/c1-25-21-13-19(30-18-8-4-6-16(12-18)28-2)9-10-20(21)24-22(25)14-29-17-7-3-5-15(11-17)23(26)27/h3-13H,14H2,1-2H3,(H,26,27). The Balaban J connectivity index is 1.53. The Morgan fingerprint density at radius 3 is 2.50 bits per heavy atom. The van der Waals surface area contributed by atoms with Gasteiger partial charge in [0.15, 0.2) is 0 Å². The molecule has 30 heavy (non-hydrogen) atoms. The fourth-order valence-corrected chi connectivity index (χ4v) is 3.08. The molecule has 0 amide bonds. The molecule has 0 atom stereocenters. The highest BCUT2D eigenvalue weighted by molar-refractivity contribution is 5.88. The van der Waals surface area contributed by atoms with E-state index in [1.807, 2.05) is 54.1 Å². The van der Waals surface area contributed by atoms with Gasteiger partial charge in [-0.3, -0.25) is 0 Å². The lowest BCUT2D eigenvalue weighted by molar-refractivity contribution is 0.0696. The molecule has 0 bridgehead atoms. The SMILES string of the molecule is COc1cccc(Oc2ccc3nc(COc4cccc(C(=O)O)c4)n(C)c3c2)c1. The molecule has 0 unspecified atom stereocenters. The van der Waals surface area contributed by atoms with Gasteiger partial charge in [-0.05, 0) is 42.5 Å². The number of carbonyl (C=O) groups is 1. The van der Waals surface area contributed by atoms with Crippen molar-refractivity contribution in [3.05, 3.63) is 78.1 Å². The zero-order chi connectivity index (χ0) is 21.1. The van der Waals surface area contributed by atoms with E-state index in [2.05, 4.69) is 4.98 Å². The minimum atomic E-state index is -0.994. The molecule has 4 rings (SSSR count). The summed E-state index contributed by atoms with van der Waals surface area (Å²) in [6.07, 6.45) is 0. The van der Waals surface area contributed by atoms with Crippen molar-refractivity contribution >= 4 is 17.0 Å². The molecule has 4 aromatic rings. The molecule has 7 heteroatoms. The number of fused-ring (bicyclic) bond motifs is 1. The van der Waals surface area contributed by atoms with Crippen LogP contribution in [0.1, 0.15) is 16.2 Å². The van der Waals surface area contributed by atoms with E-state index in [0.29, 0.717) is 23.1 Å². The maximum absolute atomic E-state index is 11.1. The predicted octanol–water partition coefficient (Wildman–Crippen LogP) is 4.65. The topological polar surface area (TPSA) is 82.8 Å². The second-order valence-corrected chi connectivity index (χ2v) is 6.64. The van der Waals surface area contributed by atoms with Gasteiger partial charge in [0, 0.05) is 19.2 Å². The zero-order valence-corrected chi connectivity index (χ0v) is 16.5. The number of methoxy groups -OCH3 is 1. The number of imidazole rings is 1. The van der Waals surface area contributed by atoms with Crippen LogP contribution < -0.4 is 14.2 Å². The van der Waals surface area contributed by atoms with Gasteiger partial charge in [-0.25, -0.2) is 9.78 Å². The van der Waals surface area contributed by atoms with E-state index >= 15 is 0 Å². The average Bonchev–Trinajstić information content (AvgIpc) is 3.08. The molecule has 1 N–H and O–H groups in total. The molecule has 0 saturated heterocycles. The molecule has 0 aliphatic carbocycles. The number of aryl methyl sites for hydroxylation is 1. The van der Waals surface area contributed by atoms with Crippen LogP contribution >= 0.6 is 0 Å². The van der Waals surface area contributed by atoms with E-state index in [4.69, 9.17) is 19.3 Å². The van der Waals surface area contributed by atoms with Crippen LogP contribution in [0, 0.1) is 0 Å². The van der Waals surface area contributed by atoms with Gasteiger partial charge in [0.25, 0.3) is 0 Å². The van der Waals surface area contributed by atoms with Crippen LogP contribution in [0.2, 0.25) is 0 Å². The van der Waals surface area contributed by atoms with Crippen molar-refractivity contribution in [1.82, 2.24) is 9.55 Å². The highest BCUT2D eigenvalue weighted by Crippen LogP contribution is 2.28. The highest BCUT2D eigenvalue weighted by atomic mass is 16.5. The van der Waals surface area contributed by atoms with Gasteiger partial charge in [0.2, 0.25) is 0 Å². The van der Waals surface area contributed by atoms with Crippen molar-refractivity contribution in [1.29, 1.82) is 0 Å². The third-order valence-corrected chi connectivity index (χ3v) is 4.67. The Hall–Kier alpha value is -4.00. The van der Waals surface area contributed by atoms with E-state index in [1.54, 1.807) is 19.2 Å². The molecule has 1 aromatic heterocycles. The molecule has 152 valence electrons. The van der Waals surface area contributed by atoms with Gasteiger partial charge in [0.05, 0.1) is 23.7 Å². The van der Waals surface area contributed by atoms with E-state index in [9.17, 15) is 4.79 Å². The number of ether oxygens (including phenoxy) is 3. The van der Waals surface area contributed by atoms with Crippen molar-refractivity contribution in [3.63, 3.8) is 0 Å². The number of carboxylic acid groups (broad SMARTS) is 1. The number of carboxylic acids is 1. The third-order valence-electron chi connectivity index (χ3n) is 4.67. The largest absolute Gasteiger partial charge is 0.497 e. The molecule has 3 aromatic carbocycles. The summed E-state index contributed by atoms with van der Waals surface area (Å²) in [4.78, 5) is 15.7. The summed E-state index contributed by atoms with van der Waals surface area (Å²) in [5, 5.41) is 9.10. The van der Waals surface area contributed by atoms with E-state index < -0.39 is 5.97 Å². The lowest BCUT2D eigenvalue weighted by Crippen LogP contribution is -2.04. The van der Waals surface area contributed by atoms with Gasteiger partial charge in [0.1, 0.15) is 35.4 Å².